The van der Waals surface area contributed by atoms with Crippen LogP contribution in [0, 0.1) is 6.92 Å². The van der Waals surface area contributed by atoms with Gasteiger partial charge in [-0.2, -0.15) is 0 Å². The van der Waals surface area contributed by atoms with Gasteiger partial charge in [0, 0.05) is 6.54 Å². The van der Waals surface area contributed by atoms with E-state index >= 15 is 0 Å². The molecule has 1 aromatic carbocycles. The number of nitrogens with zero attached hydrogens (tertiary/aromatic N) is 2. The molecule has 0 bridgehead atoms. The van der Waals surface area contributed by atoms with E-state index in [1.54, 1.807) is 6.92 Å². The molecular formula is C16H23N3O. The molecule has 0 aliphatic heterocycles. The molecule has 0 unspecified atom stereocenters. The summed E-state index contributed by atoms with van der Waals surface area (Å²) in [6.45, 7) is 6.80. The van der Waals surface area contributed by atoms with Crippen LogP contribution in [0.2, 0.25) is 0 Å². The second-order valence-electron chi connectivity index (χ2n) is 5.10. The van der Waals surface area contributed by atoms with Gasteiger partial charge in [-0.1, -0.05) is 19.1 Å². The van der Waals surface area contributed by atoms with Gasteiger partial charge >= 0.3 is 0 Å². The SMILES string of the molecule is CCCNCCCCn1c(=O)c(C)nc2ccccc21. The molecule has 0 spiro atoms. The van der Waals surface area contributed by atoms with E-state index in [2.05, 4.69) is 17.2 Å². The summed E-state index contributed by atoms with van der Waals surface area (Å²) >= 11 is 0. The zero-order valence-corrected chi connectivity index (χ0v) is 12.4. The summed E-state index contributed by atoms with van der Waals surface area (Å²) in [6.07, 6.45) is 3.25. The molecule has 0 fully saturated rings. The summed E-state index contributed by atoms with van der Waals surface area (Å²) in [6, 6.07) is 7.84. The Bertz CT molecular complexity index is 619. The van der Waals surface area contributed by atoms with E-state index in [1.807, 2.05) is 28.8 Å². The van der Waals surface area contributed by atoms with Crippen LogP contribution in [0.3, 0.4) is 0 Å². The molecule has 108 valence electrons. The molecule has 0 saturated heterocycles. The van der Waals surface area contributed by atoms with Crippen molar-refractivity contribution in [2.75, 3.05) is 13.1 Å². The van der Waals surface area contributed by atoms with Crippen LogP contribution in [0.5, 0.6) is 0 Å². The van der Waals surface area contributed by atoms with E-state index in [4.69, 9.17) is 0 Å². The molecule has 0 amide bonds. The summed E-state index contributed by atoms with van der Waals surface area (Å²) < 4.78 is 1.86. The molecule has 0 saturated carbocycles. The fourth-order valence-corrected chi connectivity index (χ4v) is 2.36. The number of nitrogens with one attached hydrogen (secondary N) is 1. The second-order valence-corrected chi connectivity index (χ2v) is 5.10. The van der Waals surface area contributed by atoms with Gasteiger partial charge in [-0.05, 0) is 51.4 Å². The van der Waals surface area contributed by atoms with Crippen molar-refractivity contribution in [3.63, 3.8) is 0 Å². The topological polar surface area (TPSA) is 46.9 Å². The van der Waals surface area contributed by atoms with Crippen molar-refractivity contribution in [1.29, 1.82) is 0 Å². The minimum Gasteiger partial charge on any atom is -0.317 e. The van der Waals surface area contributed by atoms with Crippen LogP contribution < -0.4 is 10.9 Å². The third kappa shape index (κ3) is 3.45. The van der Waals surface area contributed by atoms with Gasteiger partial charge < -0.3 is 9.88 Å². The van der Waals surface area contributed by atoms with E-state index < -0.39 is 0 Å². The lowest BCUT2D eigenvalue weighted by Gasteiger charge is -2.11. The summed E-state index contributed by atoms with van der Waals surface area (Å²) in [5.74, 6) is 0. The molecule has 4 nitrogen and oxygen atoms in total. The van der Waals surface area contributed by atoms with Crippen LogP contribution in [0.15, 0.2) is 29.1 Å². The predicted molar refractivity (Wildman–Crippen MR) is 83.1 cm³/mol. The third-order valence-corrected chi connectivity index (χ3v) is 3.43. The number of hydrogen-bond acceptors (Lipinski definition) is 3. The molecule has 1 heterocycles. The Morgan fingerprint density at radius 3 is 2.80 bits per heavy atom. The zero-order valence-electron chi connectivity index (χ0n) is 12.4. The molecule has 2 aromatic rings. The molecule has 20 heavy (non-hydrogen) atoms. The monoisotopic (exact) mass is 273 g/mol. The van der Waals surface area contributed by atoms with Gasteiger partial charge in [-0.25, -0.2) is 4.98 Å². The average Bonchev–Trinajstić information content (AvgIpc) is 2.46. The minimum atomic E-state index is 0.0326. The first-order valence-electron chi connectivity index (χ1n) is 7.41. The lowest BCUT2D eigenvalue weighted by molar-refractivity contribution is 0.565. The fraction of sp³-hybridized carbons (Fsp3) is 0.500. The van der Waals surface area contributed by atoms with Crippen LogP contribution in [-0.4, -0.2) is 22.6 Å². The largest absolute Gasteiger partial charge is 0.317 e. The van der Waals surface area contributed by atoms with Gasteiger partial charge in [0.1, 0.15) is 5.69 Å². The van der Waals surface area contributed by atoms with Crippen LogP contribution in [0.1, 0.15) is 31.9 Å². The molecule has 4 heteroatoms. The van der Waals surface area contributed by atoms with E-state index in [0.717, 1.165) is 49.9 Å². The van der Waals surface area contributed by atoms with Crippen molar-refractivity contribution in [3.05, 3.63) is 40.3 Å². The average molecular weight is 273 g/mol. The highest BCUT2D eigenvalue weighted by Gasteiger charge is 2.06. The lowest BCUT2D eigenvalue weighted by Crippen LogP contribution is -2.25. The van der Waals surface area contributed by atoms with Gasteiger partial charge in [-0.3, -0.25) is 4.79 Å². The molecule has 1 N–H and O–H groups in total. The number of hydrogen-bond donors (Lipinski definition) is 1. The van der Waals surface area contributed by atoms with E-state index in [9.17, 15) is 4.79 Å². The Morgan fingerprint density at radius 1 is 1.20 bits per heavy atom. The molecule has 1 aromatic heterocycles. The van der Waals surface area contributed by atoms with Crippen molar-refractivity contribution in [3.8, 4) is 0 Å². The molecule has 0 atom stereocenters. The Morgan fingerprint density at radius 2 is 2.00 bits per heavy atom. The lowest BCUT2D eigenvalue weighted by atomic mass is 10.2. The van der Waals surface area contributed by atoms with E-state index in [-0.39, 0.29) is 5.56 Å². The van der Waals surface area contributed by atoms with Crippen LogP contribution in [-0.2, 0) is 6.54 Å². The van der Waals surface area contributed by atoms with Crippen molar-refractivity contribution < 1.29 is 0 Å². The highest BCUT2D eigenvalue weighted by molar-refractivity contribution is 5.74. The Kier molecular flexibility index (Phi) is 5.30. The standard InChI is InChI=1S/C16H23N3O/c1-3-10-17-11-6-7-12-19-15-9-5-4-8-14(15)18-13(2)16(19)20/h4-5,8-9,17H,3,6-7,10-12H2,1-2H3. The number of para-hydroxylation sites is 2. The first-order chi connectivity index (χ1) is 9.74. The number of aromatic nitrogens is 2. The number of benzene rings is 1. The maximum atomic E-state index is 12.2. The van der Waals surface area contributed by atoms with Crippen molar-refractivity contribution >= 4 is 11.0 Å². The maximum absolute atomic E-state index is 12.2. The van der Waals surface area contributed by atoms with Crippen molar-refractivity contribution in [2.24, 2.45) is 0 Å². The maximum Gasteiger partial charge on any atom is 0.272 e. The van der Waals surface area contributed by atoms with Gasteiger partial charge in [-0.15, -0.1) is 0 Å². The summed E-state index contributed by atoms with van der Waals surface area (Å²) in [5, 5.41) is 3.38. The number of aryl methyl sites for hydroxylation is 2. The van der Waals surface area contributed by atoms with Gasteiger partial charge in [0.05, 0.1) is 11.0 Å². The second kappa shape index (κ2) is 7.20. The number of unbranched alkanes of at least 4 members (excludes halogenated alkanes) is 1. The Balaban J connectivity index is 2.09. The highest BCUT2D eigenvalue weighted by atomic mass is 16.1. The summed E-state index contributed by atoms with van der Waals surface area (Å²) in [5.41, 5.74) is 2.44. The smallest absolute Gasteiger partial charge is 0.272 e. The van der Waals surface area contributed by atoms with Crippen molar-refractivity contribution in [1.82, 2.24) is 14.9 Å². The molecule has 0 aliphatic carbocycles. The van der Waals surface area contributed by atoms with Crippen LogP contribution in [0.4, 0.5) is 0 Å². The third-order valence-electron chi connectivity index (χ3n) is 3.43. The summed E-state index contributed by atoms with van der Waals surface area (Å²) in [7, 11) is 0. The van der Waals surface area contributed by atoms with Crippen LogP contribution >= 0.6 is 0 Å². The van der Waals surface area contributed by atoms with Crippen molar-refractivity contribution in [2.45, 2.75) is 39.7 Å². The summed E-state index contributed by atoms with van der Waals surface area (Å²) in [4.78, 5) is 16.6. The first kappa shape index (κ1) is 14.7. The zero-order chi connectivity index (χ0) is 14.4. The number of rotatable bonds is 7. The van der Waals surface area contributed by atoms with Gasteiger partial charge in [0.2, 0.25) is 0 Å². The van der Waals surface area contributed by atoms with E-state index in [0.29, 0.717) is 5.69 Å². The van der Waals surface area contributed by atoms with E-state index in [1.165, 1.54) is 0 Å². The molecule has 2 rings (SSSR count). The normalized spacial score (nSPS) is 11.1. The Labute approximate surface area is 119 Å². The Hall–Kier alpha value is -1.68. The molecule has 0 aliphatic rings. The first-order valence-corrected chi connectivity index (χ1v) is 7.41. The number of fused-ring (bicyclic) bond motifs is 1. The highest BCUT2D eigenvalue weighted by Crippen LogP contribution is 2.10. The molecular weight excluding hydrogens is 250 g/mol. The predicted octanol–water partition coefficient (Wildman–Crippen LogP) is 2.48. The molecule has 0 radical (unpaired) electrons. The fourth-order valence-electron chi connectivity index (χ4n) is 2.36. The van der Waals surface area contributed by atoms with Crippen LogP contribution in [0.25, 0.3) is 11.0 Å². The van der Waals surface area contributed by atoms with Gasteiger partial charge in [0.25, 0.3) is 5.56 Å². The minimum absolute atomic E-state index is 0.0326. The quantitative estimate of drug-likeness (QED) is 0.788. The van der Waals surface area contributed by atoms with Gasteiger partial charge in [0.15, 0.2) is 0 Å².